The number of hydrogen-bond acceptors (Lipinski definition) is 5. The van der Waals surface area contributed by atoms with E-state index in [0.717, 1.165) is 0 Å². The first-order valence-corrected chi connectivity index (χ1v) is 7.03. The third kappa shape index (κ3) is 2.88. The summed E-state index contributed by atoms with van der Waals surface area (Å²) in [7, 11) is 1.59. The van der Waals surface area contributed by atoms with Gasteiger partial charge < -0.3 is 5.11 Å². The highest BCUT2D eigenvalue weighted by molar-refractivity contribution is 7.98. The van der Waals surface area contributed by atoms with E-state index in [4.69, 9.17) is 11.6 Å². The van der Waals surface area contributed by atoms with Crippen molar-refractivity contribution in [1.29, 1.82) is 0 Å². The molecule has 2 rings (SSSR count). The van der Waals surface area contributed by atoms with Gasteiger partial charge in [0.1, 0.15) is 5.75 Å². The molecule has 1 heterocycles. The van der Waals surface area contributed by atoms with Gasteiger partial charge in [-0.3, -0.25) is 9.36 Å². The molecule has 0 atom stereocenters. The largest absolute Gasteiger partial charge is 0.507 e. The lowest BCUT2D eigenvalue weighted by Crippen LogP contribution is -2.12. The van der Waals surface area contributed by atoms with Crippen molar-refractivity contribution in [2.75, 3.05) is 0 Å². The van der Waals surface area contributed by atoms with Crippen LogP contribution in [0.15, 0.2) is 22.1 Å². The zero-order valence-electron chi connectivity index (χ0n) is 10.8. The second kappa shape index (κ2) is 5.72. The number of carbonyl (C=O) groups excluding carboxylic acids is 1. The zero-order valence-corrected chi connectivity index (χ0v) is 12.4. The van der Waals surface area contributed by atoms with Gasteiger partial charge in [-0.05, 0) is 19.1 Å². The minimum atomic E-state index is -0.313. The Bertz CT molecular complexity index is 723. The van der Waals surface area contributed by atoms with Crippen LogP contribution < -0.4 is 5.69 Å². The number of rotatable bonds is 4. The van der Waals surface area contributed by atoms with Crippen LogP contribution in [0.4, 0.5) is 0 Å². The Hall–Kier alpha value is -1.73. The third-order valence-corrected chi connectivity index (χ3v) is 4.03. The Balaban J connectivity index is 2.28. The minimum Gasteiger partial charge on any atom is -0.507 e. The number of nitrogens with one attached hydrogen (secondary N) is 1. The number of phenolic OH excluding ortho intramolecular Hbond substituents is 1. The van der Waals surface area contributed by atoms with E-state index in [0.29, 0.717) is 21.5 Å². The molecule has 0 aliphatic rings. The van der Waals surface area contributed by atoms with Gasteiger partial charge in [-0.2, -0.15) is 0 Å². The van der Waals surface area contributed by atoms with Gasteiger partial charge in [-0.25, -0.2) is 9.89 Å². The maximum Gasteiger partial charge on any atom is 0.343 e. The first kappa shape index (κ1) is 14.7. The molecule has 0 radical (unpaired) electrons. The summed E-state index contributed by atoms with van der Waals surface area (Å²) >= 11 is 7.19. The summed E-state index contributed by atoms with van der Waals surface area (Å²) in [4.78, 5) is 22.6. The van der Waals surface area contributed by atoms with Crippen molar-refractivity contribution in [3.05, 3.63) is 38.8 Å². The number of Topliss-reactive ketones (excluding diaryl/α,β-unsaturated/α-hetero) is 1. The van der Waals surface area contributed by atoms with E-state index in [9.17, 15) is 14.7 Å². The molecule has 0 aliphatic carbocycles. The highest BCUT2D eigenvalue weighted by Gasteiger charge is 2.14. The highest BCUT2D eigenvalue weighted by Crippen LogP contribution is 2.31. The van der Waals surface area contributed by atoms with Crippen molar-refractivity contribution < 1.29 is 9.90 Å². The summed E-state index contributed by atoms with van der Waals surface area (Å²) in [6.07, 6.45) is 0. The highest BCUT2D eigenvalue weighted by atomic mass is 35.5. The summed E-state index contributed by atoms with van der Waals surface area (Å²) in [5, 5.41) is 17.1. The number of H-pyrrole nitrogens is 1. The van der Waals surface area contributed by atoms with Crippen LogP contribution in [0.2, 0.25) is 5.02 Å². The fourth-order valence-corrected chi connectivity index (χ4v) is 2.77. The van der Waals surface area contributed by atoms with E-state index in [1.807, 2.05) is 0 Å². The Morgan fingerprint density at radius 1 is 1.55 bits per heavy atom. The van der Waals surface area contributed by atoms with E-state index >= 15 is 0 Å². The van der Waals surface area contributed by atoms with Crippen LogP contribution in [0.3, 0.4) is 0 Å². The van der Waals surface area contributed by atoms with Crippen LogP contribution in [0.25, 0.3) is 0 Å². The number of carbonyl (C=O) groups is 1. The second-order valence-corrected chi connectivity index (χ2v) is 5.56. The van der Waals surface area contributed by atoms with Crippen molar-refractivity contribution in [2.45, 2.75) is 17.8 Å². The molecule has 106 valence electrons. The van der Waals surface area contributed by atoms with Crippen molar-refractivity contribution in [3.8, 4) is 5.75 Å². The van der Waals surface area contributed by atoms with E-state index in [1.54, 1.807) is 13.1 Å². The number of phenols is 1. The molecule has 0 saturated heterocycles. The molecule has 0 spiro atoms. The van der Waals surface area contributed by atoms with Crippen molar-refractivity contribution >= 4 is 29.1 Å². The van der Waals surface area contributed by atoms with Gasteiger partial charge >= 0.3 is 5.69 Å². The number of hydrogen-bond donors (Lipinski definition) is 2. The monoisotopic (exact) mass is 313 g/mol. The number of aromatic amines is 1. The minimum absolute atomic E-state index is 0.0880. The van der Waals surface area contributed by atoms with Crippen LogP contribution in [0.1, 0.15) is 22.8 Å². The molecule has 2 aromatic rings. The molecule has 1 aromatic heterocycles. The molecule has 0 bridgehead atoms. The number of benzene rings is 1. The van der Waals surface area contributed by atoms with Crippen molar-refractivity contribution in [1.82, 2.24) is 14.8 Å². The normalized spacial score (nSPS) is 10.8. The topological polar surface area (TPSA) is 88.0 Å². The molecular weight excluding hydrogens is 302 g/mol. The Labute approximate surface area is 123 Å². The van der Waals surface area contributed by atoms with Gasteiger partial charge in [0.25, 0.3) is 0 Å². The lowest BCUT2D eigenvalue weighted by atomic mass is 10.1. The van der Waals surface area contributed by atoms with Crippen LogP contribution in [-0.2, 0) is 12.8 Å². The van der Waals surface area contributed by atoms with Crippen molar-refractivity contribution in [3.63, 3.8) is 0 Å². The summed E-state index contributed by atoms with van der Waals surface area (Å²) in [6.45, 7) is 1.36. The molecular formula is C12H12ClN3O3S. The van der Waals surface area contributed by atoms with Gasteiger partial charge in [0.05, 0.1) is 5.56 Å². The maximum absolute atomic E-state index is 11.4. The summed E-state index contributed by atoms with van der Waals surface area (Å²) in [6, 6.07) is 3.01. The number of aromatic nitrogens is 3. The van der Waals surface area contributed by atoms with Crippen LogP contribution in [0.5, 0.6) is 5.75 Å². The Kier molecular flexibility index (Phi) is 4.20. The van der Waals surface area contributed by atoms with Gasteiger partial charge in [-0.1, -0.05) is 23.4 Å². The van der Waals surface area contributed by atoms with E-state index in [2.05, 4.69) is 10.2 Å². The Morgan fingerprint density at radius 2 is 2.25 bits per heavy atom. The molecule has 8 heteroatoms. The third-order valence-electron chi connectivity index (χ3n) is 2.73. The summed E-state index contributed by atoms with van der Waals surface area (Å²) in [5.74, 6) is -0.0106. The number of thioether (sulfide) groups is 1. The maximum atomic E-state index is 11.4. The lowest BCUT2D eigenvalue weighted by molar-refractivity contribution is 0.101. The Morgan fingerprint density at radius 3 is 2.80 bits per heavy atom. The number of nitrogens with zero attached hydrogens (tertiary/aromatic N) is 2. The molecule has 0 unspecified atom stereocenters. The van der Waals surface area contributed by atoms with Gasteiger partial charge in [-0.15, -0.1) is 5.10 Å². The van der Waals surface area contributed by atoms with Crippen molar-refractivity contribution in [2.24, 2.45) is 7.05 Å². The predicted molar refractivity (Wildman–Crippen MR) is 76.5 cm³/mol. The van der Waals surface area contributed by atoms with Crippen LogP contribution >= 0.6 is 23.4 Å². The fraction of sp³-hybridized carbons (Fsp3) is 0.250. The average Bonchev–Trinajstić information content (AvgIpc) is 2.70. The van der Waals surface area contributed by atoms with Crippen LogP contribution in [0, 0.1) is 0 Å². The van der Waals surface area contributed by atoms with Gasteiger partial charge in [0.15, 0.2) is 10.9 Å². The quantitative estimate of drug-likeness (QED) is 0.665. The summed E-state index contributed by atoms with van der Waals surface area (Å²) < 4.78 is 1.36. The van der Waals surface area contributed by atoms with Gasteiger partial charge in [0, 0.05) is 23.4 Å². The van der Waals surface area contributed by atoms with E-state index in [-0.39, 0.29) is 22.8 Å². The lowest BCUT2D eigenvalue weighted by Gasteiger charge is -2.08. The molecule has 0 saturated carbocycles. The molecule has 0 amide bonds. The summed E-state index contributed by atoms with van der Waals surface area (Å²) in [5.41, 5.74) is 0.388. The molecule has 20 heavy (non-hydrogen) atoms. The van der Waals surface area contributed by atoms with Crippen LogP contribution in [-0.4, -0.2) is 25.7 Å². The standard InChI is InChI=1S/C12H12ClN3O3S/c1-6(17)9-4-8(13)3-7(10(9)18)5-20-12-15-14-11(19)16(12)2/h3-4,18H,5H2,1-2H3,(H,14,19). The van der Waals surface area contributed by atoms with E-state index in [1.165, 1.54) is 29.3 Å². The predicted octanol–water partition coefficient (Wildman–Crippen LogP) is 1.96. The first-order chi connectivity index (χ1) is 9.40. The SMILES string of the molecule is CC(=O)c1cc(Cl)cc(CSc2n[nH]c(=O)n2C)c1O. The average molecular weight is 314 g/mol. The molecule has 0 aliphatic heterocycles. The number of ketones is 1. The first-order valence-electron chi connectivity index (χ1n) is 5.66. The number of halogens is 1. The van der Waals surface area contributed by atoms with Gasteiger partial charge in [0.2, 0.25) is 0 Å². The number of aromatic hydroxyl groups is 1. The molecule has 6 nitrogen and oxygen atoms in total. The second-order valence-electron chi connectivity index (χ2n) is 4.18. The molecule has 0 fully saturated rings. The zero-order chi connectivity index (χ0) is 14.9. The fourth-order valence-electron chi connectivity index (χ4n) is 1.64. The van der Waals surface area contributed by atoms with E-state index < -0.39 is 0 Å². The smallest absolute Gasteiger partial charge is 0.343 e. The molecule has 1 aromatic carbocycles. The molecule has 2 N–H and O–H groups in total.